The van der Waals surface area contributed by atoms with Gasteiger partial charge in [-0.1, -0.05) is 149 Å². The van der Waals surface area contributed by atoms with Crippen molar-refractivity contribution in [2.75, 3.05) is 0 Å². The first-order valence-corrected chi connectivity index (χ1v) is 23.2. The lowest BCUT2D eigenvalue weighted by molar-refractivity contribution is -0.114. The Balaban J connectivity index is 1.27. The summed E-state index contributed by atoms with van der Waals surface area (Å²) in [7, 11) is 0. The van der Waals surface area contributed by atoms with Gasteiger partial charge in [0.1, 0.15) is 0 Å². The summed E-state index contributed by atoms with van der Waals surface area (Å²) in [5.74, 6) is -0.0522. The number of rotatable bonds is 11. The Labute approximate surface area is 390 Å². The van der Waals surface area contributed by atoms with Gasteiger partial charge in [-0.25, -0.2) is 0 Å². The molecule has 1 aliphatic carbocycles. The zero-order chi connectivity index (χ0) is 46.2. The molecule has 9 rings (SSSR count). The molecule has 1 aliphatic rings. The van der Waals surface area contributed by atoms with Crippen LogP contribution < -0.4 is 0 Å². The Morgan fingerprint density at radius 2 is 0.924 bits per heavy atom. The highest BCUT2D eigenvalue weighted by molar-refractivity contribution is 5.94. The Bertz CT molecular complexity index is 2990. The van der Waals surface area contributed by atoms with E-state index in [9.17, 15) is 9.90 Å². The van der Waals surface area contributed by atoms with Gasteiger partial charge in [-0.15, -0.1) is 0 Å². The standard InChI is InChI=1S/C62H58N2O2/c1-40-30-59(43-18-10-8-11-19-43)63-38-55(40)52-24-16-14-22-50(52)46-33-47(51-23-15-17-25-53(51)56-39-64-60(31-41(56)2)44-20-12-9-13-21-44)35-48(34-46)54-37-58-57(61(4,5)28-29-62(58,6)7)36-45(54)26-27-49(66)32-42(3)65/h8-25,30-39,65H,26-29H2,1-7H3/b42-32-. The van der Waals surface area contributed by atoms with Crippen molar-refractivity contribution in [1.82, 2.24) is 9.97 Å². The molecule has 4 heteroatoms. The fourth-order valence-electron chi connectivity index (χ4n) is 9.94. The number of fused-ring (bicyclic) bond motifs is 1. The third kappa shape index (κ3) is 8.93. The topological polar surface area (TPSA) is 63.1 Å². The number of aliphatic hydroxyl groups excluding tert-OH is 1. The number of benzene rings is 6. The van der Waals surface area contributed by atoms with Gasteiger partial charge in [0, 0.05) is 47.1 Å². The smallest absolute Gasteiger partial charge is 0.159 e. The summed E-state index contributed by atoms with van der Waals surface area (Å²) in [4.78, 5) is 23.2. The van der Waals surface area contributed by atoms with Gasteiger partial charge in [0.05, 0.1) is 17.1 Å². The van der Waals surface area contributed by atoms with Crippen LogP contribution in [0.15, 0.2) is 176 Å². The molecule has 2 heterocycles. The first-order valence-electron chi connectivity index (χ1n) is 23.2. The molecule has 0 fully saturated rings. The number of aliphatic hydroxyl groups is 1. The van der Waals surface area contributed by atoms with E-state index in [1.807, 2.05) is 24.5 Å². The number of pyridine rings is 2. The maximum absolute atomic E-state index is 13.2. The molecule has 0 unspecified atom stereocenters. The van der Waals surface area contributed by atoms with Gasteiger partial charge in [0.15, 0.2) is 5.78 Å². The van der Waals surface area contributed by atoms with Crippen LogP contribution >= 0.6 is 0 Å². The minimum atomic E-state index is -0.0833. The van der Waals surface area contributed by atoms with Gasteiger partial charge in [-0.05, 0) is 154 Å². The maximum Gasteiger partial charge on any atom is 0.159 e. The Kier molecular flexibility index (Phi) is 12.0. The Hall–Kier alpha value is -7.17. The van der Waals surface area contributed by atoms with Gasteiger partial charge in [0.25, 0.3) is 0 Å². The lowest BCUT2D eigenvalue weighted by Crippen LogP contribution is -2.34. The van der Waals surface area contributed by atoms with Crippen LogP contribution in [0.4, 0.5) is 0 Å². The highest BCUT2D eigenvalue weighted by atomic mass is 16.3. The largest absolute Gasteiger partial charge is 0.512 e. The number of hydrogen-bond donors (Lipinski definition) is 1. The minimum absolute atomic E-state index is 0.0153. The predicted octanol–water partition coefficient (Wildman–Crippen LogP) is 16.1. The highest BCUT2D eigenvalue weighted by Crippen LogP contribution is 2.49. The summed E-state index contributed by atoms with van der Waals surface area (Å²) in [6.07, 6.45) is 8.42. The number of allylic oxidation sites excluding steroid dienone is 2. The highest BCUT2D eigenvalue weighted by Gasteiger charge is 2.38. The second-order valence-electron chi connectivity index (χ2n) is 19.5. The second-order valence-corrected chi connectivity index (χ2v) is 19.5. The molecule has 2 aromatic heterocycles. The number of carbonyl (C=O) groups excluding carboxylic acids is 1. The molecule has 0 atom stereocenters. The zero-order valence-corrected chi connectivity index (χ0v) is 39.2. The molecule has 328 valence electrons. The molecule has 0 amide bonds. The molecule has 0 saturated carbocycles. The molecular weight excluding hydrogens is 805 g/mol. The van der Waals surface area contributed by atoms with E-state index in [-0.39, 0.29) is 22.4 Å². The predicted molar refractivity (Wildman–Crippen MR) is 275 cm³/mol. The first-order chi connectivity index (χ1) is 31.8. The summed E-state index contributed by atoms with van der Waals surface area (Å²) >= 11 is 0. The fourth-order valence-corrected chi connectivity index (χ4v) is 9.94. The zero-order valence-electron chi connectivity index (χ0n) is 39.2. The number of aryl methyl sites for hydroxylation is 3. The molecule has 0 spiro atoms. The average Bonchev–Trinajstić information content (AvgIpc) is 3.32. The van der Waals surface area contributed by atoms with E-state index in [4.69, 9.17) is 9.97 Å². The number of carbonyl (C=O) groups is 1. The molecule has 1 N–H and O–H groups in total. The maximum atomic E-state index is 13.2. The summed E-state index contributed by atoms with van der Waals surface area (Å²) in [6.45, 7) is 15.4. The number of aromatic nitrogens is 2. The average molecular weight is 863 g/mol. The van der Waals surface area contributed by atoms with Crippen molar-refractivity contribution in [3.05, 3.63) is 204 Å². The van der Waals surface area contributed by atoms with Gasteiger partial charge in [-0.3, -0.25) is 14.8 Å². The summed E-state index contributed by atoms with van der Waals surface area (Å²) in [6, 6.07) is 54.3. The molecule has 6 aromatic carbocycles. The summed E-state index contributed by atoms with van der Waals surface area (Å²) in [5.41, 5.74) is 21.2. The molecule has 66 heavy (non-hydrogen) atoms. The lowest BCUT2D eigenvalue weighted by Gasteiger charge is -2.42. The van der Waals surface area contributed by atoms with Crippen LogP contribution in [0.1, 0.15) is 81.7 Å². The van der Waals surface area contributed by atoms with Crippen LogP contribution in [0.5, 0.6) is 0 Å². The Morgan fingerprint density at radius 3 is 1.36 bits per heavy atom. The number of nitrogens with zero attached hydrogens (tertiary/aromatic N) is 2. The Morgan fingerprint density at radius 1 is 0.515 bits per heavy atom. The van der Waals surface area contributed by atoms with Crippen LogP contribution in [-0.4, -0.2) is 20.9 Å². The monoisotopic (exact) mass is 862 g/mol. The van der Waals surface area contributed by atoms with Crippen molar-refractivity contribution in [2.45, 2.75) is 85.0 Å². The number of hydrogen-bond acceptors (Lipinski definition) is 4. The lowest BCUT2D eigenvalue weighted by atomic mass is 9.62. The van der Waals surface area contributed by atoms with Gasteiger partial charge in [-0.2, -0.15) is 0 Å². The van der Waals surface area contributed by atoms with Crippen molar-refractivity contribution in [2.24, 2.45) is 0 Å². The minimum Gasteiger partial charge on any atom is -0.512 e. The van der Waals surface area contributed by atoms with Gasteiger partial charge >= 0.3 is 0 Å². The molecule has 0 saturated heterocycles. The SMILES string of the molecule is C/C(O)=C/C(=O)CCc1cc2c(cc1-c1cc(-c3ccccc3-c3cnc(-c4ccccc4)cc3C)cc(-c3ccccc3-c3cnc(-c4ccccc4)cc3C)c1)C(C)(C)CCC2(C)C. The first kappa shape index (κ1) is 44.1. The third-order valence-corrected chi connectivity index (χ3v) is 13.7. The van der Waals surface area contributed by atoms with Crippen LogP contribution in [0.25, 0.3) is 78.1 Å². The quantitative estimate of drug-likeness (QED) is 0.104. The van der Waals surface area contributed by atoms with Crippen LogP contribution in [0.2, 0.25) is 0 Å². The van der Waals surface area contributed by atoms with Crippen LogP contribution in [0, 0.1) is 13.8 Å². The molecule has 0 radical (unpaired) electrons. The van der Waals surface area contributed by atoms with E-state index < -0.39 is 0 Å². The molecule has 8 aromatic rings. The van der Waals surface area contributed by atoms with E-state index >= 15 is 0 Å². The van der Waals surface area contributed by atoms with Crippen molar-refractivity contribution >= 4 is 5.78 Å². The summed E-state index contributed by atoms with van der Waals surface area (Å²) < 4.78 is 0. The number of ketones is 1. The van der Waals surface area contributed by atoms with Crippen LogP contribution in [-0.2, 0) is 22.0 Å². The van der Waals surface area contributed by atoms with Crippen molar-refractivity contribution < 1.29 is 9.90 Å². The van der Waals surface area contributed by atoms with E-state index in [2.05, 4.69) is 181 Å². The summed E-state index contributed by atoms with van der Waals surface area (Å²) in [5, 5.41) is 10.0. The molecule has 0 aliphatic heterocycles. The third-order valence-electron chi connectivity index (χ3n) is 13.7. The molecule has 0 bridgehead atoms. The van der Waals surface area contributed by atoms with E-state index in [1.54, 1.807) is 6.92 Å². The van der Waals surface area contributed by atoms with E-state index in [1.165, 1.54) is 17.2 Å². The van der Waals surface area contributed by atoms with E-state index in [0.717, 1.165) is 108 Å². The van der Waals surface area contributed by atoms with Crippen LogP contribution in [0.3, 0.4) is 0 Å². The van der Waals surface area contributed by atoms with Gasteiger partial charge in [0.2, 0.25) is 0 Å². The van der Waals surface area contributed by atoms with Crippen molar-refractivity contribution in [3.63, 3.8) is 0 Å². The van der Waals surface area contributed by atoms with Gasteiger partial charge < -0.3 is 5.11 Å². The fraction of sp³-hybridized carbons (Fsp3) is 0.210. The van der Waals surface area contributed by atoms with Crippen molar-refractivity contribution in [3.8, 4) is 78.1 Å². The van der Waals surface area contributed by atoms with Crippen molar-refractivity contribution in [1.29, 1.82) is 0 Å². The second kappa shape index (κ2) is 18.0. The molecular formula is C62H58N2O2. The van der Waals surface area contributed by atoms with E-state index in [0.29, 0.717) is 12.8 Å². The normalized spacial score (nSPS) is 14.1. The molecule has 4 nitrogen and oxygen atoms in total.